The van der Waals surface area contributed by atoms with Gasteiger partial charge in [0.2, 0.25) is 5.78 Å². The summed E-state index contributed by atoms with van der Waals surface area (Å²) in [5.74, 6) is 0.785. The van der Waals surface area contributed by atoms with Crippen LogP contribution < -0.4 is 5.32 Å². The highest BCUT2D eigenvalue weighted by molar-refractivity contribution is 6.07. The van der Waals surface area contributed by atoms with E-state index >= 15 is 0 Å². The monoisotopic (exact) mass is 309 g/mol. The molecule has 116 valence electrons. The van der Waals surface area contributed by atoms with Crippen LogP contribution in [0.4, 0.5) is 5.69 Å². The SMILES string of the molecule is Cc1ccc(C(=O)Nc2ccc(C(=O)c3nccn3C)cc2)o1. The molecule has 0 aliphatic rings. The topological polar surface area (TPSA) is 77.1 Å². The number of nitrogens with zero attached hydrogens (tertiary/aromatic N) is 2. The molecule has 0 saturated heterocycles. The zero-order valence-electron chi connectivity index (χ0n) is 12.7. The quantitative estimate of drug-likeness (QED) is 0.752. The molecule has 0 fully saturated rings. The molecule has 0 atom stereocenters. The number of amides is 1. The molecule has 0 saturated carbocycles. The average molecular weight is 309 g/mol. The normalized spacial score (nSPS) is 10.5. The van der Waals surface area contributed by atoms with E-state index in [2.05, 4.69) is 10.3 Å². The molecule has 2 aromatic heterocycles. The van der Waals surface area contributed by atoms with Crippen molar-refractivity contribution in [2.75, 3.05) is 5.32 Å². The van der Waals surface area contributed by atoms with Gasteiger partial charge >= 0.3 is 0 Å². The minimum Gasteiger partial charge on any atom is -0.456 e. The second-order valence-corrected chi connectivity index (χ2v) is 5.13. The number of furan rings is 1. The summed E-state index contributed by atoms with van der Waals surface area (Å²) in [5.41, 5.74) is 1.09. The summed E-state index contributed by atoms with van der Waals surface area (Å²) in [5, 5.41) is 2.72. The number of aryl methyl sites for hydroxylation is 2. The van der Waals surface area contributed by atoms with Crippen molar-refractivity contribution in [3.63, 3.8) is 0 Å². The van der Waals surface area contributed by atoms with Crippen molar-refractivity contribution in [3.05, 3.63) is 71.7 Å². The number of nitrogens with one attached hydrogen (secondary N) is 1. The van der Waals surface area contributed by atoms with Crippen LogP contribution in [-0.4, -0.2) is 21.2 Å². The van der Waals surface area contributed by atoms with Gasteiger partial charge in [-0.05, 0) is 43.3 Å². The Morgan fingerprint density at radius 2 is 1.87 bits per heavy atom. The van der Waals surface area contributed by atoms with E-state index in [0.717, 1.165) is 0 Å². The Hall–Kier alpha value is -3.15. The van der Waals surface area contributed by atoms with Gasteiger partial charge in [0.15, 0.2) is 11.6 Å². The van der Waals surface area contributed by atoms with Crippen LogP contribution in [0.3, 0.4) is 0 Å². The maximum atomic E-state index is 12.3. The predicted octanol–water partition coefficient (Wildman–Crippen LogP) is 2.80. The first-order valence-corrected chi connectivity index (χ1v) is 7.04. The van der Waals surface area contributed by atoms with E-state index in [9.17, 15) is 9.59 Å². The molecule has 1 amide bonds. The Labute approximate surface area is 132 Å². The predicted molar refractivity (Wildman–Crippen MR) is 84.5 cm³/mol. The number of hydrogen-bond donors (Lipinski definition) is 1. The highest BCUT2D eigenvalue weighted by Gasteiger charge is 2.14. The fourth-order valence-electron chi connectivity index (χ4n) is 2.17. The van der Waals surface area contributed by atoms with Crippen molar-refractivity contribution >= 4 is 17.4 Å². The number of benzene rings is 1. The zero-order valence-corrected chi connectivity index (χ0v) is 12.7. The minimum absolute atomic E-state index is 0.169. The Kier molecular flexibility index (Phi) is 3.80. The van der Waals surface area contributed by atoms with E-state index in [4.69, 9.17) is 4.42 Å². The summed E-state index contributed by atoms with van der Waals surface area (Å²) < 4.78 is 6.93. The Balaban J connectivity index is 1.73. The molecule has 0 aliphatic heterocycles. The second-order valence-electron chi connectivity index (χ2n) is 5.13. The number of rotatable bonds is 4. The van der Waals surface area contributed by atoms with Gasteiger partial charge in [-0.1, -0.05) is 0 Å². The van der Waals surface area contributed by atoms with Crippen molar-refractivity contribution < 1.29 is 14.0 Å². The molecule has 6 heteroatoms. The van der Waals surface area contributed by atoms with Gasteiger partial charge in [0, 0.05) is 30.7 Å². The molecular weight excluding hydrogens is 294 g/mol. The van der Waals surface area contributed by atoms with E-state index < -0.39 is 0 Å². The van der Waals surface area contributed by atoms with Crippen molar-refractivity contribution in [2.24, 2.45) is 7.05 Å². The third kappa shape index (κ3) is 3.06. The Bertz CT molecular complexity index is 859. The van der Waals surface area contributed by atoms with E-state index in [1.165, 1.54) is 0 Å². The van der Waals surface area contributed by atoms with Crippen molar-refractivity contribution in [1.82, 2.24) is 9.55 Å². The van der Waals surface area contributed by atoms with Crippen molar-refractivity contribution in [3.8, 4) is 0 Å². The molecule has 0 radical (unpaired) electrons. The summed E-state index contributed by atoms with van der Waals surface area (Å²) >= 11 is 0. The van der Waals surface area contributed by atoms with Gasteiger partial charge < -0.3 is 14.3 Å². The minimum atomic E-state index is -0.332. The fourth-order valence-corrected chi connectivity index (χ4v) is 2.17. The van der Waals surface area contributed by atoms with Gasteiger partial charge in [0.1, 0.15) is 5.76 Å². The standard InChI is InChI=1S/C17H15N3O3/c1-11-3-8-14(23-11)17(22)19-13-6-4-12(5-7-13)15(21)16-18-9-10-20(16)2/h3-10H,1-2H3,(H,19,22). The first-order chi connectivity index (χ1) is 11.0. The van der Waals surface area contributed by atoms with Crippen molar-refractivity contribution in [2.45, 2.75) is 6.92 Å². The Morgan fingerprint density at radius 3 is 2.43 bits per heavy atom. The summed E-state index contributed by atoms with van der Waals surface area (Å²) in [6, 6.07) is 9.99. The molecule has 0 unspecified atom stereocenters. The Morgan fingerprint density at radius 1 is 1.13 bits per heavy atom. The number of ketones is 1. The lowest BCUT2D eigenvalue weighted by Gasteiger charge is -2.05. The van der Waals surface area contributed by atoms with Gasteiger partial charge in [0.25, 0.3) is 5.91 Å². The lowest BCUT2D eigenvalue weighted by atomic mass is 10.1. The van der Waals surface area contributed by atoms with E-state index in [-0.39, 0.29) is 17.5 Å². The number of carbonyl (C=O) groups is 2. The number of anilines is 1. The van der Waals surface area contributed by atoms with Crippen LogP contribution in [0.1, 0.15) is 32.5 Å². The molecule has 6 nitrogen and oxygen atoms in total. The second kappa shape index (κ2) is 5.92. The number of imidazole rings is 1. The van der Waals surface area contributed by atoms with Crippen LogP contribution in [0, 0.1) is 6.92 Å². The molecular formula is C17H15N3O3. The van der Waals surface area contributed by atoms with Crippen LogP contribution >= 0.6 is 0 Å². The molecule has 2 heterocycles. The van der Waals surface area contributed by atoms with Gasteiger partial charge in [-0.25, -0.2) is 4.98 Å². The third-order valence-corrected chi connectivity index (χ3v) is 3.39. The number of aromatic nitrogens is 2. The maximum Gasteiger partial charge on any atom is 0.291 e. The molecule has 0 spiro atoms. The van der Waals surface area contributed by atoms with Gasteiger partial charge in [-0.2, -0.15) is 0 Å². The molecule has 1 aromatic carbocycles. The molecule has 0 aliphatic carbocycles. The maximum absolute atomic E-state index is 12.3. The highest BCUT2D eigenvalue weighted by Crippen LogP contribution is 2.15. The van der Waals surface area contributed by atoms with Crippen LogP contribution in [0.15, 0.2) is 53.2 Å². The van der Waals surface area contributed by atoms with Crippen LogP contribution in [0.2, 0.25) is 0 Å². The number of carbonyl (C=O) groups excluding carboxylic acids is 2. The van der Waals surface area contributed by atoms with Gasteiger partial charge in [0.05, 0.1) is 0 Å². The lowest BCUT2D eigenvalue weighted by molar-refractivity contribution is 0.0994. The van der Waals surface area contributed by atoms with E-state index in [1.54, 1.807) is 67.3 Å². The summed E-state index contributed by atoms with van der Waals surface area (Å²) in [6.07, 6.45) is 3.29. The summed E-state index contributed by atoms with van der Waals surface area (Å²) in [7, 11) is 1.76. The lowest BCUT2D eigenvalue weighted by Crippen LogP contribution is -2.12. The molecule has 0 bridgehead atoms. The first-order valence-electron chi connectivity index (χ1n) is 7.04. The van der Waals surface area contributed by atoms with Crippen molar-refractivity contribution in [1.29, 1.82) is 0 Å². The molecule has 3 aromatic rings. The van der Waals surface area contributed by atoms with Gasteiger partial charge in [-0.3, -0.25) is 9.59 Å². The summed E-state index contributed by atoms with van der Waals surface area (Å²) in [4.78, 5) is 28.3. The van der Waals surface area contributed by atoms with Crippen LogP contribution in [-0.2, 0) is 7.05 Å². The summed E-state index contributed by atoms with van der Waals surface area (Å²) in [6.45, 7) is 1.77. The highest BCUT2D eigenvalue weighted by atomic mass is 16.3. The largest absolute Gasteiger partial charge is 0.456 e. The third-order valence-electron chi connectivity index (χ3n) is 3.39. The fraction of sp³-hybridized carbons (Fsp3) is 0.118. The van der Waals surface area contributed by atoms with E-state index in [1.807, 2.05) is 0 Å². The van der Waals surface area contributed by atoms with Crippen LogP contribution in [0.25, 0.3) is 0 Å². The average Bonchev–Trinajstić information content (AvgIpc) is 3.16. The zero-order chi connectivity index (χ0) is 16.4. The van der Waals surface area contributed by atoms with Crippen LogP contribution in [0.5, 0.6) is 0 Å². The molecule has 23 heavy (non-hydrogen) atoms. The smallest absolute Gasteiger partial charge is 0.291 e. The molecule has 1 N–H and O–H groups in total. The number of hydrogen-bond acceptors (Lipinski definition) is 4. The van der Waals surface area contributed by atoms with Gasteiger partial charge in [-0.15, -0.1) is 0 Å². The molecule has 3 rings (SSSR count). The first kappa shape index (κ1) is 14.8. The van der Waals surface area contributed by atoms with E-state index in [0.29, 0.717) is 22.8 Å².